The second kappa shape index (κ2) is 5.79. The molecule has 0 fully saturated rings. The monoisotopic (exact) mass is 376 g/mol. The minimum Gasteiger partial charge on any atom is -0.308 e. The number of imide groups is 1. The lowest BCUT2D eigenvalue weighted by Crippen LogP contribution is -2.24. The average Bonchev–Trinajstić information content (AvgIpc) is 3.20. The van der Waals surface area contributed by atoms with Crippen molar-refractivity contribution in [1.29, 1.82) is 10.5 Å². The van der Waals surface area contributed by atoms with Gasteiger partial charge in [0.2, 0.25) is 0 Å². The summed E-state index contributed by atoms with van der Waals surface area (Å²) in [5.74, 6) is -0.677. The van der Waals surface area contributed by atoms with Crippen molar-refractivity contribution in [3.63, 3.8) is 0 Å². The number of amides is 2. The topological polar surface area (TPSA) is 89.9 Å². The predicted octanol–water partition coefficient (Wildman–Crippen LogP) is 3.75. The summed E-state index contributed by atoms with van der Waals surface area (Å²) in [6.07, 6.45) is 0. The van der Waals surface area contributed by atoms with E-state index in [1.165, 1.54) is 7.05 Å². The molecule has 6 nitrogen and oxygen atoms in total. The zero-order valence-electron chi connectivity index (χ0n) is 15.3. The van der Waals surface area contributed by atoms with Gasteiger partial charge in [-0.3, -0.25) is 14.5 Å². The molecule has 0 aliphatic carbocycles. The second-order valence-electron chi connectivity index (χ2n) is 6.89. The fourth-order valence-corrected chi connectivity index (χ4v) is 3.99. The Balaban J connectivity index is 1.96. The quantitative estimate of drug-likeness (QED) is 0.473. The molecule has 29 heavy (non-hydrogen) atoms. The van der Waals surface area contributed by atoms with Crippen molar-refractivity contribution in [3.8, 4) is 17.8 Å². The highest BCUT2D eigenvalue weighted by atomic mass is 16.2. The van der Waals surface area contributed by atoms with Gasteiger partial charge in [-0.05, 0) is 48.5 Å². The summed E-state index contributed by atoms with van der Waals surface area (Å²) < 4.78 is 1.91. The molecule has 1 aliphatic heterocycles. The molecule has 0 N–H and O–H groups in total. The fraction of sp³-hybridized carbons (Fsp3) is 0.0435. The van der Waals surface area contributed by atoms with Gasteiger partial charge in [-0.2, -0.15) is 10.5 Å². The summed E-state index contributed by atoms with van der Waals surface area (Å²) in [6, 6.07) is 20.1. The molecule has 0 atom stereocenters. The lowest BCUT2D eigenvalue weighted by atomic mass is 10.1. The van der Waals surface area contributed by atoms with Crippen molar-refractivity contribution >= 4 is 33.6 Å². The third kappa shape index (κ3) is 2.14. The molecule has 4 aromatic rings. The van der Waals surface area contributed by atoms with Gasteiger partial charge in [0, 0.05) is 17.8 Å². The van der Waals surface area contributed by atoms with Gasteiger partial charge in [-0.1, -0.05) is 6.07 Å². The van der Waals surface area contributed by atoms with Crippen LogP contribution in [0.5, 0.6) is 0 Å². The van der Waals surface area contributed by atoms with Gasteiger partial charge >= 0.3 is 0 Å². The average molecular weight is 376 g/mol. The van der Waals surface area contributed by atoms with Crippen LogP contribution in [0.2, 0.25) is 0 Å². The maximum absolute atomic E-state index is 12.8. The molecule has 0 bridgehead atoms. The minimum atomic E-state index is -0.349. The van der Waals surface area contributed by atoms with Crippen molar-refractivity contribution in [2.24, 2.45) is 0 Å². The third-order valence-electron chi connectivity index (χ3n) is 5.36. The van der Waals surface area contributed by atoms with Crippen LogP contribution in [0.3, 0.4) is 0 Å². The van der Waals surface area contributed by atoms with Crippen LogP contribution in [0, 0.1) is 22.7 Å². The maximum Gasteiger partial charge on any atom is 0.263 e. The van der Waals surface area contributed by atoms with E-state index >= 15 is 0 Å². The molecular formula is C23H12N4O2. The highest BCUT2D eigenvalue weighted by molar-refractivity contribution is 6.23. The normalized spacial score (nSPS) is 13.0. The van der Waals surface area contributed by atoms with Gasteiger partial charge in [0.1, 0.15) is 0 Å². The first-order valence-corrected chi connectivity index (χ1v) is 8.89. The summed E-state index contributed by atoms with van der Waals surface area (Å²) in [4.78, 5) is 26.4. The van der Waals surface area contributed by atoms with Crippen LogP contribution in [0.15, 0.2) is 54.6 Å². The zero-order valence-corrected chi connectivity index (χ0v) is 15.3. The highest BCUT2D eigenvalue weighted by Crippen LogP contribution is 2.36. The Morgan fingerprint density at radius 2 is 1.38 bits per heavy atom. The second-order valence-corrected chi connectivity index (χ2v) is 6.89. The van der Waals surface area contributed by atoms with Crippen molar-refractivity contribution in [3.05, 3.63) is 76.9 Å². The van der Waals surface area contributed by atoms with Gasteiger partial charge in [0.25, 0.3) is 11.8 Å². The number of benzene rings is 3. The van der Waals surface area contributed by atoms with Gasteiger partial charge in [-0.15, -0.1) is 0 Å². The van der Waals surface area contributed by atoms with E-state index < -0.39 is 0 Å². The van der Waals surface area contributed by atoms with Crippen molar-refractivity contribution < 1.29 is 9.59 Å². The maximum atomic E-state index is 12.8. The fourth-order valence-electron chi connectivity index (χ4n) is 3.99. The number of hydrogen-bond acceptors (Lipinski definition) is 4. The van der Waals surface area contributed by atoms with E-state index in [1.807, 2.05) is 16.7 Å². The number of rotatable bonds is 1. The predicted molar refractivity (Wildman–Crippen MR) is 107 cm³/mol. The van der Waals surface area contributed by atoms with E-state index in [1.54, 1.807) is 42.5 Å². The summed E-state index contributed by atoms with van der Waals surface area (Å²) in [7, 11) is 1.47. The van der Waals surface area contributed by atoms with Gasteiger partial charge < -0.3 is 4.57 Å². The Bertz CT molecular complexity index is 1410. The largest absolute Gasteiger partial charge is 0.308 e. The molecule has 3 aromatic carbocycles. The first-order chi connectivity index (χ1) is 14.0. The molecule has 0 spiro atoms. The summed E-state index contributed by atoms with van der Waals surface area (Å²) >= 11 is 0. The lowest BCUT2D eigenvalue weighted by molar-refractivity contribution is 0.0693. The van der Waals surface area contributed by atoms with Gasteiger partial charge in [0.05, 0.1) is 51.1 Å². The van der Waals surface area contributed by atoms with Crippen LogP contribution in [-0.4, -0.2) is 28.3 Å². The van der Waals surface area contributed by atoms with Crippen LogP contribution < -0.4 is 0 Å². The molecule has 0 saturated heterocycles. The van der Waals surface area contributed by atoms with Crippen molar-refractivity contribution in [1.82, 2.24) is 9.47 Å². The SMILES string of the molecule is CN1C(=O)c2cccc(-n3c4ccc(C#N)cc4c4cc(C#N)ccc43)c2C1=O. The number of hydrogen-bond donors (Lipinski definition) is 0. The number of carbonyl (C=O) groups is 2. The van der Waals surface area contributed by atoms with E-state index in [-0.39, 0.29) is 11.8 Å². The first kappa shape index (κ1) is 16.7. The number of nitrogens with zero attached hydrogens (tertiary/aromatic N) is 4. The molecule has 0 saturated carbocycles. The van der Waals surface area contributed by atoms with E-state index in [9.17, 15) is 20.1 Å². The van der Waals surface area contributed by atoms with Crippen LogP contribution in [-0.2, 0) is 0 Å². The Morgan fingerprint density at radius 3 is 1.93 bits per heavy atom. The first-order valence-electron chi connectivity index (χ1n) is 8.89. The van der Waals surface area contributed by atoms with Gasteiger partial charge in [0.15, 0.2) is 0 Å². The molecular weight excluding hydrogens is 364 g/mol. The molecule has 136 valence electrons. The van der Waals surface area contributed by atoms with Crippen molar-refractivity contribution in [2.75, 3.05) is 7.05 Å². The number of carbonyl (C=O) groups excluding carboxylic acids is 2. The molecule has 1 aliphatic rings. The van der Waals surface area contributed by atoms with E-state index in [4.69, 9.17) is 0 Å². The van der Waals surface area contributed by atoms with E-state index in [0.717, 1.165) is 26.7 Å². The Hall–Kier alpha value is -4.42. The van der Waals surface area contributed by atoms with Crippen LogP contribution >= 0.6 is 0 Å². The molecule has 0 unspecified atom stereocenters. The van der Waals surface area contributed by atoms with Crippen LogP contribution in [0.25, 0.3) is 27.5 Å². The van der Waals surface area contributed by atoms with Gasteiger partial charge in [-0.25, -0.2) is 0 Å². The molecule has 2 heterocycles. The zero-order chi connectivity index (χ0) is 20.3. The Kier molecular flexibility index (Phi) is 3.34. The molecule has 5 rings (SSSR count). The molecule has 0 radical (unpaired) electrons. The number of nitriles is 2. The number of aromatic nitrogens is 1. The van der Waals surface area contributed by atoms with E-state index in [2.05, 4.69) is 12.1 Å². The lowest BCUT2D eigenvalue weighted by Gasteiger charge is -2.11. The number of fused-ring (bicyclic) bond motifs is 4. The Morgan fingerprint density at radius 1 is 0.793 bits per heavy atom. The van der Waals surface area contributed by atoms with Crippen LogP contribution in [0.4, 0.5) is 0 Å². The minimum absolute atomic E-state index is 0.328. The standard InChI is InChI=1S/C23H12N4O2/c1-26-22(28)15-3-2-4-20(21(15)23(26)29)27-18-7-5-13(11-24)9-16(18)17-10-14(12-25)6-8-19(17)27/h2-10H,1H3. The summed E-state index contributed by atoms with van der Waals surface area (Å²) in [5.41, 5.74) is 3.90. The Labute approximate surface area is 165 Å². The highest BCUT2D eigenvalue weighted by Gasteiger charge is 2.35. The summed E-state index contributed by atoms with van der Waals surface area (Å²) in [5, 5.41) is 20.2. The molecule has 1 aromatic heterocycles. The summed E-state index contributed by atoms with van der Waals surface area (Å²) in [6.45, 7) is 0. The third-order valence-corrected chi connectivity index (χ3v) is 5.36. The molecule has 6 heteroatoms. The van der Waals surface area contributed by atoms with E-state index in [0.29, 0.717) is 27.9 Å². The molecule has 2 amide bonds. The van der Waals surface area contributed by atoms with Crippen LogP contribution in [0.1, 0.15) is 31.8 Å². The van der Waals surface area contributed by atoms with Crippen molar-refractivity contribution in [2.45, 2.75) is 0 Å². The smallest absolute Gasteiger partial charge is 0.263 e.